The lowest BCUT2D eigenvalue weighted by Crippen LogP contribution is -2.18. The van der Waals surface area contributed by atoms with Gasteiger partial charge in [0.2, 0.25) is 5.13 Å². The molecule has 6 nitrogen and oxygen atoms in total. The smallest absolute Gasteiger partial charge is 0.207 e. The highest BCUT2D eigenvalue weighted by Crippen LogP contribution is 2.42. The molecule has 5 rings (SSSR count). The number of hydrazone groups is 1. The van der Waals surface area contributed by atoms with E-state index in [1.165, 1.54) is 7.11 Å². The van der Waals surface area contributed by atoms with Gasteiger partial charge >= 0.3 is 0 Å². The summed E-state index contributed by atoms with van der Waals surface area (Å²) >= 11 is 1.59. The second-order valence-corrected chi connectivity index (χ2v) is 8.06. The molecule has 0 spiro atoms. The first-order valence-corrected chi connectivity index (χ1v) is 10.3. The number of hydrogen-bond donors (Lipinski definition) is 2. The van der Waals surface area contributed by atoms with E-state index in [9.17, 15) is 10.2 Å². The zero-order chi connectivity index (χ0) is 20.7. The van der Waals surface area contributed by atoms with Crippen molar-refractivity contribution in [3.63, 3.8) is 0 Å². The van der Waals surface area contributed by atoms with Gasteiger partial charge in [-0.05, 0) is 59.7 Å². The Morgan fingerprint density at radius 3 is 2.60 bits per heavy atom. The topological polar surface area (TPSA) is 78.2 Å². The molecule has 0 amide bonds. The van der Waals surface area contributed by atoms with Gasteiger partial charge in [0.1, 0.15) is 5.75 Å². The number of ether oxygens (including phenoxy) is 1. The van der Waals surface area contributed by atoms with Crippen LogP contribution in [0.3, 0.4) is 0 Å². The normalized spacial score (nSPS) is 16.1. The third kappa shape index (κ3) is 3.23. The van der Waals surface area contributed by atoms with Crippen LogP contribution < -0.4 is 9.75 Å². The summed E-state index contributed by atoms with van der Waals surface area (Å²) in [5, 5.41) is 27.3. The maximum atomic E-state index is 10.0. The maximum absolute atomic E-state index is 10.0. The van der Waals surface area contributed by atoms with Crippen LogP contribution in [0.1, 0.15) is 23.6 Å². The Hall–Kier alpha value is -3.58. The molecule has 3 aromatic carbocycles. The van der Waals surface area contributed by atoms with Crippen LogP contribution in [0.5, 0.6) is 17.2 Å². The molecule has 2 heterocycles. The summed E-state index contributed by atoms with van der Waals surface area (Å²) in [7, 11) is 1.54. The first-order chi connectivity index (χ1) is 14.6. The van der Waals surface area contributed by atoms with Crippen LogP contribution in [-0.4, -0.2) is 28.0 Å². The van der Waals surface area contributed by atoms with Gasteiger partial charge < -0.3 is 14.9 Å². The lowest BCUT2D eigenvalue weighted by atomic mass is 9.98. The Kier molecular flexibility index (Phi) is 4.52. The monoisotopic (exact) mass is 417 g/mol. The van der Waals surface area contributed by atoms with Gasteiger partial charge in [0.25, 0.3) is 0 Å². The molecule has 2 N–H and O–H groups in total. The van der Waals surface area contributed by atoms with E-state index in [0.29, 0.717) is 12.2 Å². The predicted octanol–water partition coefficient (Wildman–Crippen LogP) is 5.07. The number of benzene rings is 3. The molecule has 1 aliphatic rings. The van der Waals surface area contributed by atoms with Crippen molar-refractivity contribution in [1.29, 1.82) is 0 Å². The van der Waals surface area contributed by atoms with Crippen LogP contribution in [-0.2, 0) is 0 Å². The first-order valence-electron chi connectivity index (χ1n) is 9.51. The minimum Gasteiger partial charge on any atom is -0.508 e. The lowest BCUT2D eigenvalue weighted by Gasteiger charge is -2.21. The number of rotatable bonds is 4. The minimum atomic E-state index is -0.0936. The molecular formula is C23H19N3O3S. The van der Waals surface area contributed by atoms with Gasteiger partial charge in [-0.1, -0.05) is 29.5 Å². The van der Waals surface area contributed by atoms with Crippen molar-refractivity contribution < 1.29 is 14.9 Å². The molecule has 30 heavy (non-hydrogen) atoms. The number of nitrogens with zero attached hydrogens (tertiary/aromatic N) is 3. The Morgan fingerprint density at radius 1 is 1.03 bits per heavy atom. The van der Waals surface area contributed by atoms with Gasteiger partial charge in [0.05, 0.1) is 29.1 Å². The summed E-state index contributed by atoms with van der Waals surface area (Å²) in [6.07, 6.45) is 0.661. The van der Waals surface area contributed by atoms with E-state index in [-0.39, 0.29) is 17.5 Å². The number of aromatic nitrogens is 1. The van der Waals surface area contributed by atoms with Crippen LogP contribution in [0.4, 0.5) is 5.13 Å². The second kappa shape index (κ2) is 7.35. The van der Waals surface area contributed by atoms with Gasteiger partial charge in [-0.3, -0.25) is 0 Å². The minimum absolute atomic E-state index is 0.0936. The zero-order valence-corrected chi connectivity index (χ0v) is 17.0. The fourth-order valence-electron chi connectivity index (χ4n) is 3.63. The lowest BCUT2D eigenvalue weighted by molar-refractivity contribution is 0.372. The maximum Gasteiger partial charge on any atom is 0.207 e. The van der Waals surface area contributed by atoms with Crippen LogP contribution in [0.15, 0.2) is 71.8 Å². The number of phenols is 2. The number of phenolic OH excluding ortho intramolecular Hbond substituents is 2. The SMILES string of the molecule is COc1cc(C2CC(c3ccc(O)cc3)=NN2c2nc3ccccc3s2)ccc1O. The molecule has 7 heteroatoms. The van der Waals surface area contributed by atoms with E-state index >= 15 is 0 Å². The molecule has 0 radical (unpaired) electrons. The van der Waals surface area contributed by atoms with E-state index in [0.717, 1.165) is 32.2 Å². The number of hydrogen-bond acceptors (Lipinski definition) is 7. The van der Waals surface area contributed by atoms with Gasteiger partial charge in [-0.25, -0.2) is 9.99 Å². The molecule has 0 saturated heterocycles. The fraction of sp³-hybridized carbons (Fsp3) is 0.130. The van der Waals surface area contributed by atoms with Crippen molar-refractivity contribution in [2.75, 3.05) is 12.1 Å². The average Bonchev–Trinajstić information content (AvgIpc) is 3.39. The van der Waals surface area contributed by atoms with Crippen LogP contribution >= 0.6 is 11.3 Å². The van der Waals surface area contributed by atoms with Crippen molar-refractivity contribution in [3.8, 4) is 17.2 Å². The summed E-state index contributed by atoms with van der Waals surface area (Å²) < 4.78 is 6.41. The van der Waals surface area contributed by atoms with Crippen molar-refractivity contribution in [3.05, 3.63) is 77.9 Å². The summed E-state index contributed by atoms with van der Waals surface area (Å²) in [5.74, 6) is 0.750. The van der Waals surface area contributed by atoms with Gasteiger partial charge in [0.15, 0.2) is 11.5 Å². The quantitative estimate of drug-likeness (QED) is 0.485. The van der Waals surface area contributed by atoms with Crippen molar-refractivity contribution in [2.45, 2.75) is 12.5 Å². The van der Waals surface area contributed by atoms with Crippen molar-refractivity contribution in [1.82, 2.24) is 4.98 Å². The van der Waals surface area contributed by atoms with Gasteiger partial charge in [-0.15, -0.1) is 0 Å². The number of anilines is 1. The molecular weight excluding hydrogens is 398 g/mol. The molecule has 0 bridgehead atoms. The number of aromatic hydroxyl groups is 2. The van der Waals surface area contributed by atoms with E-state index in [1.54, 1.807) is 29.5 Å². The van der Waals surface area contributed by atoms with Crippen LogP contribution in [0, 0.1) is 0 Å². The molecule has 0 fully saturated rings. The molecule has 0 saturated carbocycles. The Bertz CT molecular complexity index is 1220. The molecule has 1 aliphatic heterocycles. The third-order valence-corrected chi connectivity index (χ3v) is 6.20. The number of thiazole rings is 1. The zero-order valence-electron chi connectivity index (χ0n) is 16.2. The average molecular weight is 417 g/mol. The Balaban J connectivity index is 1.60. The molecule has 4 aromatic rings. The van der Waals surface area contributed by atoms with E-state index < -0.39 is 0 Å². The van der Waals surface area contributed by atoms with Crippen LogP contribution in [0.2, 0.25) is 0 Å². The molecule has 0 aliphatic carbocycles. The summed E-state index contributed by atoms with van der Waals surface area (Å²) in [4.78, 5) is 4.79. The second-order valence-electron chi connectivity index (χ2n) is 7.05. The Labute approximate surface area is 177 Å². The molecule has 1 unspecified atom stereocenters. The summed E-state index contributed by atoms with van der Waals surface area (Å²) in [6, 6.07) is 20.4. The van der Waals surface area contributed by atoms with Crippen LogP contribution in [0.25, 0.3) is 10.2 Å². The fourth-order valence-corrected chi connectivity index (χ4v) is 4.60. The highest BCUT2D eigenvalue weighted by molar-refractivity contribution is 7.22. The summed E-state index contributed by atoms with van der Waals surface area (Å²) in [5.41, 5.74) is 3.77. The summed E-state index contributed by atoms with van der Waals surface area (Å²) in [6.45, 7) is 0. The van der Waals surface area contributed by atoms with E-state index in [1.807, 2.05) is 47.5 Å². The number of fused-ring (bicyclic) bond motifs is 1. The van der Waals surface area contributed by atoms with E-state index in [2.05, 4.69) is 6.07 Å². The number of methoxy groups -OCH3 is 1. The molecule has 150 valence electrons. The highest BCUT2D eigenvalue weighted by Gasteiger charge is 2.32. The van der Waals surface area contributed by atoms with Gasteiger partial charge in [0, 0.05) is 6.42 Å². The largest absolute Gasteiger partial charge is 0.508 e. The van der Waals surface area contributed by atoms with Crippen molar-refractivity contribution >= 4 is 32.4 Å². The first kappa shape index (κ1) is 18.4. The third-order valence-electron chi connectivity index (χ3n) is 5.18. The van der Waals surface area contributed by atoms with Crippen molar-refractivity contribution in [2.24, 2.45) is 5.10 Å². The Morgan fingerprint density at radius 2 is 1.83 bits per heavy atom. The predicted molar refractivity (Wildman–Crippen MR) is 119 cm³/mol. The van der Waals surface area contributed by atoms with E-state index in [4.69, 9.17) is 14.8 Å². The van der Waals surface area contributed by atoms with Gasteiger partial charge in [-0.2, -0.15) is 5.10 Å². The standard InChI is InChI=1S/C23H19N3O3S/c1-29-21-12-15(8-11-20(21)28)19-13-18(14-6-9-16(27)10-7-14)25-26(19)23-24-17-4-2-3-5-22(17)30-23/h2-12,19,27-28H,13H2,1H3. The molecule has 1 atom stereocenters. The highest BCUT2D eigenvalue weighted by atomic mass is 32.1. The molecule has 1 aromatic heterocycles. The number of para-hydroxylation sites is 1.